The van der Waals surface area contributed by atoms with Crippen LogP contribution >= 0.6 is 0 Å². The van der Waals surface area contributed by atoms with Crippen LogP contribution in [0, 0.1) is 15.8 Å². The summed E-state index contributed by atoms with van der Waals surface area (Å²) in [6.07, 6.45) is 23.5. The average Bonchev–Trinajstić information content (AvgIpc) is 3.43. The number of esters is 2. The highest BCUT2D eigenvalue weighted by atomic mass is 16.5. The molecule has 0 N–H and O–H groups in total. The number of diazo groups is 1. The summed E-state index contributed by atoms with van der Waals surface area (Å²) in [6, 6.07) is 11.8. The van der Waals surface area contributed by atoms with Crippen LogP contribution in [-0.4, -0.2) is 25.2 Å². The second-order valence-electron chi connectivity index (χ2n) is 14.9. The van der Waals surface area contributed by atoms with Gasteiger partial charge in [-0.1, -0.05) is 161 Å². The number of fused-ring (bicyclic) bond motifs is 2. The van der Waals surface area contributed by atoms with Gasteiger partial charge in [0, 0.05) is 10.6 Å². The maximum Gasteiger partial charge on any atom is 0.475 e. The lowest BCUT2D eigenvalue weighted by molar-refractivity contribution is -0.137. The minimum atomic E-state index is -0.629. The maximum atomic E-state index is 13.2. The summed E-state index contributed by atoms with van der Waals surface area (Å²) in [4.78, 5) is 29.9. The molecule has 2 aromatic rings. The van der Waals surface area contributed by atoms with Crippen LogP contribution in [0.15, 0.2) is 41.5 Å². The van der Waals surface area contributed by atoms with Gasteiger partial charge >= 0.3 is 17.6 Å². The summed E-state index contributed by atoms with van der Waals surface area (Å²) in [5, 5.41) is 16.8. The normalized spacial score (nSPS) is 13.8. The van der Waals surface area contributed by atoms with Crippen LogP contribution in [0.4, 0.5) is 0 Å². The molecule has 0 atom stereocenters. The maximum absolute atomic E-state index is 13.2. The average molecular weight is 727 g/mol. The summed E-state index contributed by atoms with van der Waals surface area (Å²) >= 11 is 0. The standard InChI is InChI=1S/C45H66N4O4/c1-5-9-13-17-19-21-29-45(30-22-20-18-14-10-6-2)39-33-35(41(48-46)43(50)52-31-23-15-11-7-3)25-27-37(39)38-28-26-36(34-40(38)45)42(49-47)44(51)53-32-24-16-12-8-4/h25-28,33-34H,5-24,29-32H2,1-4H3. The third-order valence-corrected chi connectivity index (χ3v) is 10.9. The second kappa shape index (κ2) is 24.5. The van der Waals surface area contributed by atoms with Gasteiger partial charge in [-0.2, -0.15) is 0 Å². The van der Waals surface area contributed by atoms with Crippen molar-refractivity contribution in [1.82, 2.24) is 0 Å². The van der Waals surface area contributed by atoms with Crippen LogP contribution in [0.3, 0.4) is 0 Å². The molecule has 290 valence electrons. The van der Waals surface area contributed by atoms with Crippen molar-refractivity contribution < 1.29 is 19.1 Å². The molecule has 0 radical (unpaired) electrons. The fourth-order valence-electron chi connectivity index (χ4n) is 7.82. The predicted octanol–water partition coefficient (Wildman–Crippen LogP) is 11.4. The summed E-state index contributed by atoms with van der Waals surface area (Å²) in [6.45, 7) is 9.31. The molecule has 2 aromatic carbocycles. The summed E-state index contributed by atoms with van der Waals surface area (Å²) < 4.78 is 11.1. The third-order valence-electron chi connectivity index (χ3n) is 10.9. The summed E-state index contributed by atoms with van der Waals surface area (Å²) in [5.41, 5.74) is 11.7. The van der Waals surface area contributed by atoms with E-state index in [9.17, 15) is 20.5 Å². The lowest BCUT2D eigenvalue weighted by Gasteiger charge is -2.33. The van der Waals surface area contributed by atoms with E-state index in [0.717, 1.165) is 111 Å². The molecule has 1 aliphatic carbocycles. The van der Waals surface area contributed by atoms with E-state index in [0.29, 0.717) is 10.4 Å². The van der Waals surface area contributed by atoms with Crippen molar-refractivity contribution in [3.63, 3.8) is 0 Å². The van der Waals surface area contributed by atoms with Crippen LogP contribution in [0.2, 0.25) is 0 Å². The number of hydrogen-bond donors (Lipinski definition) is 0. The van der Waals surface area contributed by atoms with Gasteiger partial charge in [-0.3, -0.25) is 0 Å². The third kappa shape index (κ3) is 12.6. The van der Waals surface area contributed by atoms with Crippen molar-refractivity contribution >= 4 is 23.3 Å². The smallest absolute Gasteiger partial charge is 0.475 e. The van der Waals surface area contributed by atoms with E-state index in [1.54, 1.807) is 0 Å². The molecule has 0 unspecified atom stereocenters. The van der Waals surface area contributed by atoms with Gasteiger partial charge in [0.25, 0.3) is 0 Å². The van der Waals surface area contributed by atoms with E-state index in [1.807, 2.05) is 36.4 Å². The molecule has 0 aromatic heterocycles. The number of ether oxygens (including phenoxy) is 2. The number of benzene rings is 2. The zero-order valence-electron chi connectivity index (χ0n) is 33.4. The quantitative estimate of drug-likeness (QED) is 0.0393. The van der Waals surface area contributed by atoms with Crippen molar-refractivity contribution in [3.8, 4) is 0 Å². The van der Waals surface area contributed by atoms with Crippen LogP contribution in [0.25, 0.3) is 21.9 Å². The molecule has 0 spiro atoms. The van der Waals surface area contributed by atoms with Gasteiger partial charge in [-0.05, 0) is 65.4 Å². The Morgan fingerprint density at radius 2 is 1.02 bits per heavy atom. The molecule has 8 heteroatoms. The lowest BCUT2D eigenvalue weighted by atomic mass is 9.69. The van der Waals surface area contributed by atoms with Crippen molar-refractivity contribution in [3.05, 3.63) is 78.9 Å². The van der Waals surface area contributed by atoms with E-state index in [1.165, 1.54) is 51.4 Å². The minimum absolute atomic E-state index is 0.0932. The largest absolute Gasteiger partial charge is 0.706 e. The number of unbranched alkanes of at least 4 members (excludes halogenated alkanes) is 16. The monoisotopic (exact) mass is 727 g/mol. The number of carbonyl (C=O) groups is 2. The molecule has 0 saturated carbocycles. The molecule has 0 bridgehead atoms. The molecule has 0 heterocycles. The number of nitrogens with zero attached hydrogens (tertiary/aromatic N) is 4. The molecular formula is C45H66N4O4. The van der Waals surface area contributed by atoms with Crippen LogP contribution in [0.5, 0.6) is 0 Å². The zero-order valence-corrected chi connectivity index (χ0v) is 33.4. The lowest BCUT2D eigenvalue weighted by Crippen LogP contribution is -2.29. The van der Waals surface area contributed by atoms with Crippen molar-refractivity contribution in [2.24, 2.45) is 5.11 Å². The highest BCUT2D eigenvalue weighted by Crippen LogP contribution is 2.46. The Kier molecular flexibility index (Phi) is 20.1. The molecule has 53 heavy (non-hydrogen) atoms. The number of rotatable bonds is 27. The predicted molar refractivity (Wildman–Crippen MR) is 214 cm³/mol. The fraction of sp³-hybridized carbons (Fsp3) is 0.644. The highest BCUT2D eigenvalue weighted by Gasteiger charge is 2.39. The van der Waals surface area contributed by atoms with E-state index in [-0.39, 0.29) is 24.6 Å². The Labute approximate surface area is 318 Å². The molecular weight excluding hydrogens is 661 g/mol. The molecule has 0 aliphatic heterocycles. The Hall–Kier alpha value is -3.86. The first kappa shape index (κ1) is 43.5. The van der Waals surface area contributed by atoms with Gasteiger partial charge in [-0.15, -0.1) is 0 Å². The second-order valence-corrected chi connectivity index (χ2v) is 14.9. The zero-order chi connectivity index (χ0) is 38.3. The van der Waals surface area contributed by atoms with Gasteiger partial charge in [0.15, 0.2) is 4.98 Å². The van der Waals surface area contributed by atoms with Gasteiger partial charge in [0.1, 0.15) is 5.70 Å². The van der Waals surface area contributed by atoms with Crippen molar-refractivity contribution in [2.75, 3.05) is 13.2 Å². The Morgan fingerprint density at radius 3 is 1.49 bits per heavy atom. The molecule has 0 saturated heterocycles. The molecule has 3 rings (SSSR count). The SMILES string of the molecule is CCCCCCCCC1(CCCCCCCC)c2cc(=C(N=[N-])C(=O)OCCCCCC)ccc2=c2ccc(=C([N+]#N)C(=O)OCCCCCC)cc21. The van der Waals surface area contributed by atoms with E-state index >= 15 is 0 Å². The molecule has 8 nitrogen and oxygen atoms in total. The molecule has 0 amide bonds. The summed E-state index contributed by atoms with van der Waals surface area (Å²) in [5.74, 6) is -1.26. The summed E-state index contributed by atoms with van der Waals surface area (Å²) in [7, 11) is 0. The van der Waals surface area contributed by atoms with Crippen molar-refractivity contribution in [1.29, 1.82) is 5.39 Å². The van der Waals surface area contributed by atoms with E-state index in [2.05, 4.69) is 37.8 Å². The Balaban J connectivity index is 2.18. The Morgan fingerprint density at radius 1 is 0.604 bits per heavy atom. The highest BCUT2D eigenvalue weighted by molar-refractivity contribution is 6.12. The first-order valence-electron chi connectivity index (χ1n) is 21.0. The van der Waals surface area contributed by atoms with Crippen LogP contribution < -0.4 is 10.4 Å². The molecule has 1 aliphatic rings. The van der Waals surface area contributed by atoms with Crippen LogP contribution in [0.1, 0.15) is 180 Å². The minimum Gasteiger partial charge on any atom is -0.706 e. The first-order chi connectivity index (χ1) is 25.9. The van der Waals surface area contributed by atoms with Gasteiger partial charge < -0.3 is 20.1 Å². The Bertz CT molecular complexity index is 1710. The molecule has 0 fully saturated rings. The van der Waals surface area contributed by atoms with Crippen molar-refractivity contribution in [2.45, 2.75) is 174 Å². The first-order valence-corrected chi connectivity index (χ1v) is 21.0. The van der Waals surface area contributed by atoms with Gasteiger partial charge in [0.05, 0.1) is 18.4 Å². The van der Waals surface area contributed by atoms with E-state index in [4.69, 9.17) is 9.47 Å². The number of carbonyl (C=O) groups excluding carboxylic acids is 2. The van der Waals surface area contributed by atoms with Gasteiger partial charge in [-0.25, -0.2) is 9.59 Å². The van der Waals surface area contributed by atoms with Gasteiger partial charge in [0.2, 0.25) is 5.39 Å². The fourth-order valence-corrected chi connectivity index (χ4v) is 7.82. The van der Waals surface area contributed by atoms with Crippen LogP contribution in [-0.2, 0) is 24.5 Å². The number of hydrogen-bond acceptors (Lipinski definition) is 6. The topological polar surface area (TPSA) is 115 Å². The van der Waals surface area contributed by atoms with E-state index < -0.39 is 17.4 Å².